The maximum atomic E-state index is 10.8. The quantitative estimate of drug-likeness (QED) is 0.391. The number of carbonyl (C=O) groups is 1. The topological polar surface area (TPSA) is 54.0 Å². The highest BCUT2D eigenvalue weighted by atomic mass is 16.7. The predicted molar refractivity (Wildman–Crippen MR) is 61.7 cm³/mol. The number of rotatable bonds is 8. The lowest BCUT2D eigenvalue weighted by Gasteiger charge is -2.10. The van der Waals surface area contributed by atoms with E-state index in [9.17, 15) is 4.79 Å². The van der Waals surface area contributed by atoms with Crippen molar-refractivity contribution in [3.63, 3.8) is 0 Å². The smallest absolute Gasteiger partial charge is 0.188 e. The molecule has 0 heterocycles. The Morgan fingerprint density at radius 3 is 2.59 bits per heavy atom. The van der Waals surface area contributed by atoms with E-state index in [-0.39, 0.29) is 6.79 Å². The summed E-state index contributed by atoms with van der Waals surface area (Å²) in [5.74, 6) is 1.07. The molecule has 0 atom stereocenters. The minimum Gasteiger partial charge on any atom is -0.491 e. The van der Waals surface area contributed by atoms with Gasteiger partial charge in [0, 0.05) is 20.3 Å². The summed E-state index contributed by atoms with van der Waals surface area (Å²) in [6.45, 7) is 1.03. The summed E-state index contributed by atoms with van der Waals surface area (Å²) in [5.41, 5.74) is 0.459. The summed E-state index contributed by atoms with van der Waals surface area (Å²) in [5, 5.41) is 0. The number of hydrogen-bond acceptors (Lipinski definition) is 5. The van der Waals surface area contributed by atoms with Gasteiger partial charge in [-0.05, 0) is 12.1 Å². The van der Waals surface area contributed by atoms with E-state index in [2.05, 4.69) is 0 Å². The molecule has 0 aliphatic carbocycles. The highest BCUT2D eigenvalue weighted by Gasteiger charge is 2.05. The Hall–Kier alpha value is -1.59. The Morgan fingerprint density at radius 1 is 1.12 bits per heavy atom. The zero-order chi connectivity index (χ0) is 12.5. The summed E-state index contributed by atoms with van der Waals surface area (Å²) < 4.78 is 20.3. The second kappa shape index (κ2) is 7.65. The van der Waals surface area contributed by atoms with Gasteiger partial charge in [0.1, 0.15) is 18.1 Å². The third-order valence-electron chi connectivity index (χ3n) is 2.00. The first-order valence-electron chi connectivity index (χ1n) is 5.14. The fourth-order valence-electron chi connectivity index (χ4n) is 1.19. The molecule has 0 N–H and O–H groups in total. The molecule has 5 nitrogen and oxygen atoms in total. The van der Waals surface area contributed by atoms with Crippen molar-refractivity contribution in [2.45, 2.75) is 0 Å². The van der Waals surface area contributed by atoms with Gasteiger partial charge in [-0.25, -0.2) is 0 Å². The molecule has 1 aromatic rings. The molecule has 0 fully saturated rings. The van der Waals surface area contributed by atoms with Gasteiger partial charge in [-0.2, -0.15) is 0 Å². The summed E-state index contributed by atoms with van der Waals surface area (Å²) >= 11 is 0. The van der Waals surface area contributed by atoms with E-state index in [1.807, 2.05) is 0 Å². The first-order chi connectivity index (χ1) is 8.31. The van der Waals surface area contributed by atoms with Crippen molar-refractivity contribution in [1.82, 2.24) is 0 Å². The molecule has 0 amide bonds. The van der Waals surface area contributed by atoms with Gasteiger partial charge >= 0.3 is 0 Å². The lowest BCUT2D eigenvalue weighted by molar-refractivity contribution is 0.0503. The van der Waals surface area contributed by atoms with E-state index in [0.717, 1.165) is 6.29 Å². The van der Waals surface area contributed by atoms with Crippen molar-refractivity contribution in [3.05, 3.63) is 23.8 Å². The van der Waals surface area contributed by atoms with Crippen molar-refractivity contribution in [2.24, 2.45) is 0 Å². The average molecular weight is 240 g/mol. The van der Waals surface area contributed by atoms with E-state index in [0.29, 0.717) is 30.3 Å². The SMILES string of the molecule is COCCOc1ccc(C=O)c(OCOC)c1. The van der Waals surface area contributed by atoms with E-state index in [1.54, 1.807) is 25.3 Å². The van der Waals surface area contributed by atoms with Crippen LogP contribution in [0.3, 0.4) is 0 Å². The molecule has 0 radical (unpaired) electrons. The fourth-order valence-corrected chi connectivity index (χ4v) is 1.19. The number of methoxy groups -OCH3 is 2. The number of benzene rings is 1. The van der Waals surface area contributed by atoms with Crippen LogP contribution in [0.15, 0.2) is 18.2 Å². The molecule has 0 unspecified atom stereocenters. The summed E-state index contributed by atoms with van der Waals surface area (Å²) in [7, 11) is 3.12. The Bertz CT molecular complexity index is 351. The lowest BCUT2D eigenvalue weighted by atomic mass is 10.2. The first kappa shape index (κ1) is 13.5. The predicted octanol–water partition coefficient (Wildman–Crippen LogP) is 1.51. The van der Waals surface area contributed by atoms with Crippen molar-refractivity contribution in [1.29, 1.82) is 0 Å². The van der Waals surface area contributed by atoms with Crippen LogP contribution in [-0.4, -0.2) is 40.5 Å². The molecule has 17 heavy (non-hydrogen) atoms. The van der Waals surface area contributed by atoms with Gasteiger partial charge in [0.2, 0.25) is 0 Å². The zero-order valence-electron chi connectivity index (χ0n) is 9.97. The van der Waals surface area contributed by atoms with Crippen LogP contribution in [0.1, 0.15) is 10.4 Å². The van der Waals surface area contributed by atoms with Crippen LogP contribution in [0.5, 0.6) is 11.5 Å². The number of hydrogen-bond donors (Lipinski definition) is 0. The summed E-state index contributed by atoms with van der Waals surface area (Å²) in [6, 6.07) is 5.00. The maximum absolute atomic E-state index is 10.8. The van der Waals surface area contributed by atoms with Gasteiger partial charge in [-0.1, -0.05) is 0 Å². The molecule has 1 aromatic carbocycles. The normalized spacial score (nSPS) is 10.0. The van der Waals surface area contributed by atoms with Crippen LogP contribution in [0.25, 0.3) is 0 Å². The van der Waals surface area contributed by atoms with Gasteiger partial charge < -0.3 is 18.9 Å². The lowest BCUT2D eigenvalue weighted by Crippen LogP contribution is -2.05. The van der Waals surface area contributed by atoms with Crippen LogP contribution in [0.4, 0.5) is 0 Å². The molecule has 0 aromatic heterocycles. The van der Waals surface area contributed by atoms with E-state index in [4.69, 9.17) is 18.9 Å². The number of ether oxygens (including phenoxy) is 4. The van der Waals surface area contributed by atoms with Crippen molar-refractivity contribution < 1.29 is 23.7 Å². The molecule has 0 aliphatic rings. The molecule has 1 rings (SSSR count). The monoisotopic (exact) mass is 240 g/mol. The molecular weight excluding hydrogens is 224 g/mol. The highest BCUT2D eigenvalue weighted by Crippen LogP contribution is 2.23. The molecule has 94 valence electrons. The molecule has 0 bridgehead atoms. The van der Waals surface area contributed by atoms with Crippen LogP contribution < -0.4 is 9.47 Å². The van der Waals surface area contributed by atoms with Crippen molar-refractivity contribution in [3.8, 4) is 11.5 Å². The number of carbonyl (C=O) groups excluding carboxylic acids is 1. The Morgan fingerprint density at radius 2 is 1.94 bits per heavy atom. The van der Waals surface area contributed by atoms with E-state index < -0.39 is 0 Å². The Balaban J connectivity index is 2.69. The van der Waals surface area contributed by atoms with Gasteiger partial charge in [0.25, 0.3) is 0 Å². The molecule has 0 spiro atoms. The van der Waals surface area contributed by atoms with Crippen LogP contribution in [0.2, 0.25) is 0 Å². The zero-order valence-corrected chi connectivity index (χ0v) is 9.97. The Kier molecular flexibility index (Phi) is 6.06. The molecule has 0 aliphatic heterocycles. The standard InChI is InChI=1S/C12H16O5/c1-14-5-6-16-11-4-3-10(8-13)12(7-11)17-9-15-2/h3-4,7-8H,5-6,9H2,1-2H3. The molecule has 0 saturated carbocycles. The van der Waals surface area contributed by atoms with Crippen molar-refractivity contribution in [2.75, 3.05) is 34.2 Å². The minimum absolute atomic E-state index is 0.0857. The van der Waals surface area contributed by atoms with Gasteiger partial charge in [-0.3, -0.25) is 4.79 Å². The second-order valence-electron chi connectivity index (χ2n) is 3.21. The highest BCUT2D eigenvalue weighted by molar-refractivity contribution is 5.79. The fraction of sp³-hybridized carbons (Fsp3) is 0.417. The largest absolute Gasteiger partial charge is 0.491 e. The third kappa shape index (κ3) is 4.42. The molecular formula is C12H16O5. The minimum atomic E-state index is 0.0857. The van der Waals surface area contributed by atoms with Crippen LogP contribution in [-0.2, 0) is 9.47 Å². The van der Waals surface area contributed by atoms with Crippen LogP contribution in [0, 0.1) is 0 Å². The van der Waals surface area contributed by atoms with Crippen LogP contribution >= 0.6 is 0 Å². The summed E-state index contributed by atoms with van der Waals surface area (Å²) in [6.07, 6.45) is 0.726. The average Bonchev–Trinajstić information content (AvgIpc) is 2.37. The van der Waals surface area contributed by atoms with E-state index in [1.165, 1.54) is 7.11 Å². The van der Waals surface area contributed by atoms with Crippen molar-refractivity contribution >= 4 is 6.29 Å². The molecule has 0 saturated heterocycles. The molecule has 5 heteroatoms. The number of aldehydes is 1. The van der Waals surface area contributed by atoms with E-state index >= 15 is 0 Å². The second-order valence-corrected chi connectivity index (χ2v) is 3.21. The van der Waals surface area contributed by atoms with Gasteiger partial charge in [-0.15, -0.1) is 0 Å². The van der Waals surface area contributed by atoms with Gasteiger partial charge in [0.15, 0.2) is 13.1 Å². The first-order valence-corrected chi connectivity index (χ1v) is 5.14. The summed E-state index contributed by atoms with van der Waals surface area (Å²) in [4.78, 5) is 10.8. The van der Waals surface area contributed by atoms with Gasteiger partial charge in [0.05, 0.1) is 12.2 Å². The third-order valence-corrected chi connectivity index (χ3v) is 2.00. The Labute approximate surface area is 100 Å². The maximum Gasteiger partial charge on any atom is 0.188 e.